The number of carbonyl (C=O) groups is 2. The number of likely N-dealkylation sites (N-methyl/N-ethyl adjacent to an activating group) is 1. The van der Waals surface area contributed by atoms with E-state index >= 15 is 0 Å². The SMILES string of the molecule is CC(C)CNC(=O)CN(C)C1(CC(=O)O)CCCCC1. The molecular formula is C15H28N2O3. The lowest BCUT2D eigenvalue weighted by Crippen LogP contribution is -2.52. The maximum atomic E-state index is 11.9. The highest BCUT2D eigenvalue weighted by molar-refractivity contribution is 5.78. The molecule has 1 amide bonds. The molecular weight excluding hydrogens is 256 g/mol. The Kier molecular flexibility index (Phi) is 6.46. The third-order valence-corrected chi connectivity index (χ3v) is 4.16. The first-order chi connectivity index (χ1) is 9.35. The lowest BCUT2D eigenvalue weighted by atomic mass is 9.78. The number of hydrogen-bond acceptors (Lipinski definition) is 3. The van der Waals surface area contributed by atoms with Gasteiger partial charge >= 0.3 is 5.97 Å². The summed E-state index contributed by atoms with van der Waals surface area (Å²) in [4.78, 5) is 25.0. The summed E-state index contributed by atoms with van der Waals surface area (Å²) < 4.78 is 0. The predicted octanol–water partition coefficient (Wildman–Crippen LogP) is 1.87. The number of carbonyl (C=O) groups excluding carboxylic acids is 1. The van der Waals surface area contributed by atoms with Gasteiger partial charge in [-0.15, -0.1) is 0 Å². The monoisotopic (exact) mass is 284 g/mol. The lowest BCUT2D eigenvalue weighted by Gasteiger charge is -2.43. The second-order valence-corrected chi connectivity index (χ2v) is 6.41. The van der Waals surface area contributed by atoms with Crippen LogP contribution in [0.4, 0.5) is 0 Å². The zero-order chi connectivity index (χ0) is 15.2. The molecule has 1 aliphatic rings. The zero-order valence-electron chi connectivity index (χ0n) is 12.9. The third kappa shape index (κ3) is 5.12. The molecule has 1 rings (SSSR count). The van der Waals surface area contributed by atoms with E-state index in [1.54, 1.807) is 0 Å². The number of nitrogens with one attached hydrogen (secondary N) is 1. The average molecular weight is 284 g/mol. The molecule has 5 nitrogen and oxygen atoms in total. The van der Waals surface area contributed by atoms with Crippen LogP contribution in [-0.4, -0.2) is 47.6 Å². The van der Waals surface area contributed by atoms with Gasteiger partial charge in [0.2, 0.25) is 5.91 Å². The first-order valence-corrected chi connectivity index (χ1v) is 7.55. The van der Waals surface area contributed by atoms with Crippen LogP contribution in [0.5, 0.6) is 0 Å². The third-order valence-electron chi connectivity index (χ3n) is 4.16. The molecule has 0 atom stereocenters. The van der Waals surface area contributed by atoms with E-state index in [-0.39, 0.29) is 24.4 Å². The van der Waals surface area contributed by atoms with Crippen LogP contribution in [0.3, 0.4) is 0 Å². The Bertz CT molecular complexity index is 336. The van der Waals surface area contributed by atoms with Crippen molar-refractivity contribution in [2.75, 3.05) is 20.1 Å². The van der Waals surface area contributed by atoms with Gasteiger partial charge in [-0.3, -0.25) is 14.5 Å². The maximum Gasteiger partial charge on any atom is 0.305 e. The molecule has 0 bridgehead atoms. The Morgan fingerprint density at radius 3 is 2.35 bits per heavy atom. The summed E-state index contributed by atoms with van der Waals surface area (Å²) in [5.41, 5.74) is -0.348. The molecule has 0 radical (unpaired) electrons. The number of aliphatic carboxylic acids is 1. The van der Waals surface area contributed by atoms with Gasteiger partial charge in [0, 0.05) is 12.1 Å². The highest BCUT2D eigenvalue weighted by Crippen LogP contribution is 2.35. The number of nitrogens with zero attached hydrogens (tertiary/aromatic N) is 1. The summed E-state index contributed by atoms with van der Waals surface area (Å²) in [5, 5.41) is 12.1. The van der Waals surface area contributed by atoms with Gasteiger partial charge in [-0.1, -0.05) is 33.1 Å². The second-order valence-electron chi connectivity index (χ2n) is 6.41. The molecule has 0 unspecified atom stereocenters. The van der Waals surface area contributed by atoms with E-state index < -0.39 is 5.97 Å². The van der Waals surface area contributed by atoms with E-state index in [9.17, 15) is 9.59 Å². The van der Waals surface area contributed by atoms with E-state index in [4.69, 9.17) is 5.11 Å². The first-order valence-electron chi connectivity index (χ1n) is 7.55. The van der Waals surface area contributed by atoms with E-state index in [1.807, 2.05) is 11.9 Å². The second kappa shape index (κ2) is 7.62. The molecule has 0 aliphatic heterocycles. The molecule has 0 heterocycles. The molecule has 0 aromatic heterocycles. The Morgan fingerprint density at radius 2 is 1.85 bits per heavy atom. The van der Waals surface area contributed by atoms with E-state index in [1.165, 1.54) is 0 Å². The van der Waals surface area contributed by atoms with Gasteiger partial charge in [-0.05, 0) is 25.8 Å². The molecule has 5 heteroatoms. The number of carboxylic acids is 1. The van der Waals surface area contributed by atoms with Crippen LogP contribution < -0.4 is 5.32 Å². The van der Waals surface area contributed by atoms with Crippen LogP contribution in [-0.2, 0) is 9.59 Å². The minimum absolute atomic E-state index is 0.0171. The van der Waals surface area contributed by atoms with Gasteiger partial charge < -0.3 is 10.4 Å². The van der Waals surface area contributed by atoms with Crippen LogP contribution in [0, 0.1) is 5.92 Å². The Labute approximate surface area is 121 Å². The smallest absolute Gasteiger partial charge is 0.305 e. The van der Waals surface area contributed by atoms with Crippen molar-refractivity contribution in [3.8, 4) is 0 Å². The summed E-state index contributed by atoms with van der Waals surface area (Å²) >= 11 is 0. The highest BCUT2D eigenvalue weighted by Gasteiger charge is 2.38. The van der Waals surface area contributed by atoms with Gasteiger partial charge in [0.25, 0.3) is 0 Å². The minimum atomic E-state index is -0.777. The van der Waals surface area contributed by atoms with Gasteiger partial charge in [0.05, 0.1) is 13.0 Å². The van der Waals surface area contributed by atoms with Crippen LogP contribution >= 0.6 is 0 Å². The van der Waals surface area contributed by atoms with Crippen LogP contribution in [0.2, 0.25) is 0 Å². The molecule has 20 heavy (non-hydrogen) atoms. The van der Waals surface area contributed by atoms with Crippen molar-refractivity contribution in [2.45, 2.75) is 57.9 Å². The number of rotatable bonds is 7. The lowest BCUT2D eigenvalue weighted by molar-refractivity contribution is -0.142. The molecule has 1 saturated carbocycles. The van der Waals surface area contributed by atoms with Gasteiger partial charge in [-0.25, -0.2) is 0 Å². The summed E-state index contributed by atoms with van der Waals surface area (Å²) in [6, 6.07) is 0. The quantitative estimate of drug-likeness (QED) is 0.749. The Hall–Kier alpha value is -1.10. The molecule has 0 aromatic carbocycles. The van der Waals surface area contributed by atoms with Crippen molar-refractivity contribution in [1.82, 2.24) is 10.2 Å². The standard InChI is InChI=1S/C15H28N2O3/c1-12(2)10-16-13(18)11-17(3)15(9-14(19)20)7-5-4-6-8-15/h12H,4-11H2,1-3H3,(H,16,18)(H,19,20). The number of amides is 1. The van der Waals surface area contributed by atoms with E-state index in [2.05, 4.69) is 19.2 Å². The van der Waals surface area contributed by atoms with Gasteiger partial charge in [0.1, 0.15) is 0 Å². The summed E-state index contributed by atoms with van der Waals surface area (Å²) in [6.07, 6.45) is 5.12. The van der Waals surface area contributed by atoms with E-state index in [0.717, 1.165) is 32.1 Å². The normalized spacial score (nSPS) is 18.2. The van der Waals surface area contributed by atoms with Gasteiger partial charge in [-0.2, -0.15) is 0 Å². The molecule has 0 spiro atoms. The Morgan fingerprint density at radius 1 is 1.25 bits per heavy atom. The summed E-state index contributed by atoms with van der Waals surface area (Å²) in [7, 11) is 1.88. The van der Waals surface area contributed by atoms with Crippen molar-refractivity contribution in [3.05, 3.63) is 0 Å². The highest BCUT2D eigenvalue weighted by atomic mass is 16.4. The predicted molar refractivity (Wildman–Crippen MR) is 78.5 cm³/mol. The van der Waals surface area contributed by atoms with Crippen molar-refractivity contribution in [3.63, 3.8) is 0 Å². The van der Waals surface area contributed by atoms with Crippen molar-refractivity contribution < 1.29 is 14.7 Å². The molecule has 1 aliphatic carbocycles. The zero-order valence-corrected chi connectivity index (χ0v) is 12.9. The van der Waals surface area contributed by atoms with E-state index in [0.29, 0.717) is 12.5 Å². The first kappa shape index (κ1) is 17.0. The largest absolute Gasteiger partial charge is 0.481 e. The van der Waals surface area contributed by atoms with Crippen LogP contribution in [0.25, 0.3) is 0 Å². The number of hydrogen-bond donors (Lipinski definition) is 2. The minimum Gasteiger partial charge on any atom is -0.481 e. The fourth-order valence-electron chi connectivity index (χ4n) is 2.94. The van der Waals surface area contributed by atoms with Crippen LogP contribution in [0.15, 0.2) is 0 Å². The molecule has 2 N–H and O–H groups in total. The number of carboxylic acid groups (broad SMARTS) is 1. The maximum absolute atomic E-state index is 11.9. The Balaban J connectivity index is 2.61. The molecule has 1 fully saturated rings. The van der Waals surface area contributed by atoms with Crippen LogP contribution in [0.1, 0.15) is 52.4 Å². The average Bonchev–Trinajstić information content (AvgIpc) is 2.36. The fourth-order valence-corrected chi connectivity index (χ4v) is 2.94. The molecule has 116 valence electrons. The van der Waals surface area contributed by atoms with Gasteiger partial charge in [0.15, 0.2) is 0 Å². The summed E-state index contributed by atoms with van der Waals surface area (Å²) in [5.74, 6) is -0.371. The fraction of sp³-hybridized carbons (Fsp3) is 0.867. The topological polar surface area (TPSA) is 69.6 Å². The van der Waals surface area contributed by atoms with Crippen molar-refractivity contribution in [2.24, 2.45) is 5.92 Å². The molecule has 0 saturated heterocycles. The van der Waals surface area contributed by atoms with Crippen molar-refractivity contribution in [1.29, 1.82) is 0 Å². The summed E-state index contributed by atoms with van der Waals surface area (Å²) in [6.45, 7) is 5.05. The van der Waals surface area contributed by atoms with Crippen molar-refractivity contribution >= 4 is 11.9 Å². The molecule has 0 aromatic rings.